The molecular formula is C24H24ClN3O3. The van der Waals surface area contributed by atoms with Gasteiger partial charge in [0.1, 0.15) is 17.0 Å². The van der Waals surface area contributed by atoms with E-state index in [0.29, 0.717) is 28.7 Å². The van der Waals surface area contributed by atoms with Crippen molar-refractivity contribution in [2.24, 2.45) is 0 Å². The molecule has 1 aliphatic carbocycles. The molecule has 0 unspecified atom stereocenters. The molecule has 1 atom stereocenters. The molecule has 0 bridgehead atoms. The van der Waals surface area contributed by atoms with Gasteiger partial charge in [0.2, 0.25) is 5.91 Å². The number of anilines is 1. The SMILES string of the molecule is C[C@]1(C(=O)NC2CCCC2)Cn2c(ccc2-c2ccco2)C(=O)N1c1ccc(Cl)cc1. The highest BCUT2D eigenvalue weighted by Gasteiger charge is 2.49. The Hall–Kier alpha value is -2.99. The van der Waals surface area contributed by atoms with Gasteiger partial charge in [-0.05, 0) is 68.3 Å². The van der Waals surface area contributed by atoms with E-state index in [1.165, 1.54) is 0 Å². The average Bonchev–Trinajstić information content (AvgIpc) is 3.50. The zero-order valence-electron chi connectivity index (χ0n) is 17.3. The van der Waals surface area contributed by atoms with Crippen molar-refractivity contribution >= 4 is 29.1 Å². The van der Waals surface area contributed by atoms with Gasteiger partial charge in [-0.25, -0.2) is 0 Å². The summed E-state index contributed by atoms with van der Waals surface area (Å²) in [6, 6.07) is 14.5. The Kier molecular flexibility index (Phi) is 4.89. The molecule has 2 aromatic heterocycles. The molecule has 5 rings (SSSR count). The fourth-order valence-electron chi connectivity index (χ4n) is 4.76. The number of benzene rings is 1. The van der Waals surface area contributed by atoms with Crippen molar-refractivity contribution < 1.29 is 14.0 Å². The third-order valence-corrected chi connectivity index (χ3v) is 6.65. The van der Waals surface area contributed by atoms with Crippen molar-refractivity contribution in [2.45, 2.75) is 50.7 Å². The number of nitrogens with zero attached hydrogens (tertiary/aromatic N) is 2. The lowest BCUT2D eigenvalue weighted by Gasteiger charge is -2.44. The second kappa shape index (κ2) is 7.61. The van der Waals surface area contributed by atoms with Crippen molar-refractivity contribution in [3.05, 3.63) is 65.5 Å². The van der Waals surface area contributed by atoms with Crippen molar-refractivity contribution in [3.8, 4) is 11.5 Å². The summed E-state index contributed by atoms with van der Waals surface area (Å²) in [5, 5.41) is 3.78. The number of halogens is 1. The molecule has 1 N–H and O–H groups in total. The van der Waals surface area contributed by atoms with Crippen molar-refractivity contribution in [2.75, 3.05) is 4.90 Å². The zero-order chi connectivity index (χ0) is 21.6. The molecule has 2 aliphatic rings. The molecule has 3 aromatic rings. The quantitative estimate of drug-likeness (QED) is 0.632. The number of fused-ring (bicyclic) bond motifs is 1. The Morgan fingerprint density at radius 2 is 1.81 bits per heavy atom. The highest BCUT2D eigenvalue weighted by molar-refractivity contribution is 6.30. The van der Waals surface area contributed by atoms with Crippen LogP contribution in [0.15, 0.2) is 59.2 Å². The number of hydrogen-bond acceptors (Lipinski definition) is 3. The van der Waals surface area contributed by atoms with E-state index in [9.17, 15) is 9.59 Å². The molecule has 1 aliphatic heterocycles. The fourth-order valence-corrected chi connectivity index (χ4v) is 4.88. The van der Waals surface area contributed by atoms with E-state index < -0.39 is 5.54 Å². The second-order valence-corrected chi connectivity index (χ2v) is 8.95. The van der Waals surface area contributed by atoms with Crippen LogP contribution in [0.5, 0.6) is 0 Å². The Balaban J connectivity index is 1.60. The predicted octanol–water partition coefficient (Wildman–Crippen LogP) is 4.88. The number of aromatic nitrogens is 1. The summed E-state index contributed by atoms with van der Waals surface area (Å²) in [5.41, 5.74) is 0.836. The first-order valence-electron chi connectivity index (χ1n) is 10.6. The minimum atomic E-state index is -1.11. The smallest absolute Gasteiger partial charge is 0.275 e. The lowest BCUT2D eigenvalue weighted by molar-refractivity contribution is -0.127. The van der Waals surface area contributed by atoms with Gasteiger partial charge in [0.15, 0.2) is 0 Å². The summed E-state index contributed by atoms with van der Waals surface area (Å²) in [7, 11) is 0. The molecule has 31 heavy (non-hydrogen) atoms. The van der Waals surface area contributed by atoms with Crippen LogP contribution in [-0.4, -0.2) is 28.0 Å². The van der Waals surface area contributed by atoms with E-state index >= 15 is 0 Å². The molecule has 6 nitrogen and oxygen atoms in total. The number of carbonyl (C=O) groups excluding carboxylic acids is 2. The first-order chi connectivity index (χ1) is 15.0. The van der Waals surface area contributed by atoms with Crippen LogP contribution >= 0.6 is 11.6 Å². The van der Waals surface area contributed by atoms with Crippen molar-refractivity contribution in [1.29, 1.82) is 0 Å². The Morgan fingerprint density at radius 1 is 1.10 bits per heavy atom. The number of amides is 2. The third kappa shape index (κ3) is 3.35. The summed E-state index contributed by atoms with van der Waals surface area (Å²) >= 11 is 6.08. The summed E-state index contributed by atoms with van der Waals surface area (Å²) in [6.07, 6.45) is 5.79. The topological polar surface area (TPSA) is 67.5 Å². The maximum atomic E-state index is 13.7. The van der Waals surface area contributed by atoms with Crippen molar-refractivity contribution in [1.82, 2.24) is 9.88 Å². The van der Waals surface area contributed by atoms with Gasteiger partial charge in [-0.3, -0.25) is 14.5 Å². The fraction of sp³-hybridized carbons (Fsp3) is 0.333. The molecule has 0 spiro atoms. The minimum absolute atomic E-state index is 0.146. The van der Waals surface area contributed by atoms with E-state index in [4.69, 9.17) is 16.0 Å². The molecular weight excluding hydrogens is 414 g/mol. The molecule has 0 radical (unpaired) electrons. The Bertz CT molecular complexity index is 1110. The predicted molar refractivity (Wildman–Crippen MR) is 119 cm³/mol. The van der Waals surface area contributed by atoms with Crippen LogP contribution in [0, 0.1) is 0 Å². The lowest BCUT2D eigenvalue weighted by atomic mass is 9.93. The van der Waals surface area contributed by atoms with E-state index in [2.05, 4.69) is 5.32 Å². The van der Waals surface area contributed by atoms with Crippen LogP contribution in [0.2, 0.25) is 5.02 Å². The minimum Gasteiger partial charge on any atom is -0.463 e. The maximum absolute atomic E-state index is 13.7. The normalized spacial score (nSPS) is 21.4. The lowest BCUT2D eigenvalue weighted by Crippen LogP contribution is -2.65. The van der Waals surface area contributed by atoms with Crippen LogP contribution in [0.25, 0.3) is 11.5 Å². The molecule has 1 aromatic carbocycles. The molecule has 2 amide bonds. The Labute approximate surface area is 185 Å². The average molecular weight is 438 g/mol. The van der Waals surface area contributed by atoms with Gasteiger partial charge in [0, 0.05) is 16.8 Å². The zero-order valence-corrected chi connectivity index (χ0v) is 18.1. The van der Waals surface area contributed by atoms with Crippen LogP contribution in [-0.2, 0) is 11.3 Å². The van der Waals surface area contributed by atoms with Gasteiger partial charge in [-0.15, -0.1) is 0 Å². The van der Waals surface area contributed by atoms with Crippen LogP contribution < -0.4 is 10.2 Å². The number of nitrogens with one attached hydrogen (secondary N) is 1. The van der Waals surface area contributed by atoms with Gasteiger partial charge in [-0.1, -0.05) is 24.4 Å². The summed E-state index contributed by atoms with van der Waals surface area (Å²) in [6.45, 7) is 2.15. The van der Waals surface area contributed by atoms with E-state index in [1.807, 2.05) is 29.7 Å². The molecule has 1 fully saturated rings. The van der Waals surface area contributed by atoms with Gasteiger partial charge in [0.05, 0.1) is 18.5 Å². The molecule has 7 heteroatoms. The highest BCUT2D eigenvalue weighted by atomic mass is 35.5. The third-order valence-electron chi connectivity index (χ3n) is 6.40. The summed E-state index contributed by atoms with van der Waals surface area (Å²) in [5.74, 6) is 0.292. The van der Waals surface area contributed by atoms with Gasteiger partial charge >= 0.3 is 0 Å². The Morgan fingerprint density at radius 3 is 2.48 bits per heavy atom. The van der Waals surface area contributed by atoms with Gasteiger partial charge in [0.25, 0.3) is 5.91 Å². The number of carbonyl (C=O) groups is 2. The monoisotopic (exact) mass is 437 g/mol. The largest absolute Gasteiger partial charge is 0.463 e. The van der Waals surface area contributed by atoms with E-state index in [1.54, 1.807) is 41.5 Å². The second-order valence-electron chi connectivity index (χ2n) is 8.51. The molecule has 160 valence electrons. The number of furan rings is 1. The first kappa shape index (κ1) is 19.9. The van der Waals surface area contributed by atoms with Crippen LogP contribution in [0.3, 0.4) is 0 Å². The standard InChI is InChI=1S/C24H24ClN3O3/c1-24(23(30)26-17-5-2-3-6-17)15-27-19(21-7-4-14-31-21)12-13-20(27)22(29)28(24)18-10-8-16(25)9-11-18/h4,7-14,17H,2-3,5-6,15H2,1H3,(H,26,30)/t24-/m1/s1. The number of rotatable bonds is 4. The summed E-state index contributed by atoms with van der Waals surface area (Å²) in [4.78, 5) is 28.9. The molecule has 1 saturated carbocycles. The maximum Gasteiger partial charge on any atom is 0.275 e. The van der Waals surface area contributed by atoms with Crippen molar-refractivity contribution in [3.63, 3.8) is 0 Å². The number of hydrogen-bond donors (Lipinski definition) is 1. The van der Waals surface area contributed by atoms with Crippen LogP contribution in [0.1, 0.15) is 43.1 Å². The summed E-state index contributed by atoms with van der Waals surface area (Å²) < 4.78 is 7.47. The highest BCUT2D eigenvalue weighted by Crippen LogP contribution is 2.37. The van der Waals surface area contributed by atoms with Gasteiger partial charge in [-0.2, -0.15) is 0 Å². The van der Waals surface area contributed by atoms with Gasteiger partial charge < -0.3 is 14.3 Å². The first-order valence-corrected chi connectivity index (χ1v) is 11.0. The van der Waals surface area contributed by atoms with E-state index in [0.717, 1.165) is 31.4 Å². The van der Waals surface area contributed by atoms with Crippen LogP contribution in [0.4, 0.5) is 5.69 Å². The molecule has 0 saturated heterocycles. The van der Waals surface area contributed by atoms with E-state index in [-0.39, 0.29) is 17.9 Å². The molecule has 3 heterocycles.